The van der Waals surface area contributed by atoms with Crippen molar-refractivity contribution in [3.8, 4) is 0 Å². The molecule has 1 atom stereocenters. The van der Waals surface area contributed by atoms with E-state index in [0.29, 0.717) is 17.2 Å². The van der Waals surface area contributed by atoms with Gasteiger partial charge in [0.05, 0.1) is 0 Å². The Morgan fingerprint density at radius 1 is 1.17 bits per heavy atom. The van der Waals surface area contributed by atoms with Gasteiger partial charge in [0, 0.05) is 19.0 Å². The monoisotopic (exact) mass is 250 g/mol. The third-order valence-electron chi connectivity index (χ3n) is 5.71. The molecule has 1 spiro atoms. The van der Waals surface area contributed by atoms with Gasteiger partial charge in [0.2, 0.25) is 5.91 Å². The number of hydrogen-bond acceptors (Lipinski definition) is 2. The molecule has 1 amide bonds. The van der Waals surface area contributed by atoms with Gasteiger partial charge in [-0.15, -0.1) is 0 Å². The molecule has 0 aromatic heterocycles. The predicted octanol–water partition coefficient (Wildman–Crippen LogP) is 2.02. The van der Waals surface area contributed by atoms with Gasteiger partial charge >= 0.3 is 0 Å². The molecule has 2 aliphatic heterocycles. The van der Waals surface area contributed by atoms with Crippen LogP contribution in [0.1, 0.15) is 45.4 Å². The van der Waals surface area contributed by atoms with Gasteiger partial charge in [-0.25, -0.2) is 0 Å². The van der Waals surface area contributed by atoms with Gasteiger partial charge in [0.25, 0.3) is 0 Å². The van der Waals surface area contributed by atoms with Crippen molar-refractivity contribution in [3.63, 3.8) is 0 Å². The minimum absolute atomic E-state index is 0.226. The Bertz CT molecular complexity index is 308. The van der Waals surface area contributed by atoms with Gasteiger partial charge in [0.15, 0.2) is 0 Å². The van der Waals surface area contributed by atoms with Gasteiger partial charge in [0.1, 0.15) is 0 Å². The van der Waals surface area contributed by atoms with Crippen molar-refractivity contribution in [1.82, 2.24) is 10.2 Å². The zero-order valence-electron chi connectivity index (χ0n) is 11.6. The topological polar surface area (TPSA) is 32.3 Å². The first-order valence-electron chi connectivity index (χ1n) is 7.70. The Morgan fingerprint density at radius 2 is 1.78 bits per heavy atom. The predicted molar refractivity (Wildman–Crippen MR) is 72.2 cm³/mol. The van der Waals surface area contributed by atoms with Gasteiger partial charge in [-0.05, 0) is 50.1 Å². The van der Waals surface area contributed by atoms with E-state index in [1.165, 1.54) is 38.5 Å². The van der Waals surface area contributed by atoms with Crippen molar-refractivity contribution in [1.29, 1.82) is 0 Å². The van der Waals surface area contributed by atoms with Crippen LogP contribution in [0.15, 0.2) is 0 Å². The summed E-state index contributed by atoms with van der Waals surface area (Å²) in [5, 5.41) is 3.27. The van der Waals surface area contributed by atoms with Crippen LogP contribution in [0.5, 0.6) is 0 Å². The molecule has 3 aliphatic rings. The molecule has 3 nitrogen and oxygen atoms in total. The number of rotatable bonds is 2. The summed E-state index contributed by atoms with van der Waals surface area (Å²) < 4.78 is 0. The number of nitrogens with zero attached hydrogens (tertiary/aromatic N) is 1. The molecular formula is C15H26N2O. The van der Waals surface area contributed by atoms with E-state index < -0.39 is 0 Å². The highest BCUT2D eigenvalue weighted by molar-refractivity contribution is 5.79. The van der Waals surface area contributed by atoms with Crippen molar-refractivity contribution >= 4 is 5.91 Å². The molecule has 0 aromatic rings. The standard InChI is InChI=1S/C15H26N2O/c1-12(13-10-16-11-13)14(18)17-8-6-15(7-9-17)4-2-3-5-15/h12-13,16H,2-11H2,1H3. The van der Waals surface area contributed by atoms with Gasteiger partial charge in [-0.3, -0.25) is 4.79 Å². The Labute approximate surface area is 110 Å². The average molecular weight is 250 g/mol. The second-order valence-electron chi connectivity index (χ2n) is 6.74. The molecule has 2 heterocycles. The minimum atomic E-state index is 0.226. The average Bonchev–Trinajstić information content (AvgIpc) is 2.75. The maximum atomic E-state index is 12.4. The summed E-state index contributed by atoms with van der Waals surface area (Å²) >= 11 is 0. The lowest BCUT2D eigenvalue weighted by atomic mass is 9.76. The first-order chi connectivity index (χ1) is 8.70. The first kappa shape index (κ1) is 12.5. The number of likely N-dealkylation sites (tertiary alicyclic amines) is 1. The van der Waals surface area contributed by atoms with E-state index in [1.807, 2.05) is 0 Å². The second-order valence-corrected chi connectivity index (χ2v) is 6.74. The molecule has 2 saturated heterocycles. The molecule has 1 saturated carbocycles. The molecule has 18 heavy (non-hydrogen) atoms. The van der Waals surface area contributed by atoms with E-state index in [1.54, 1.807) is 0 Å². The summed E-state index contributed by atoms with van der Waals surface area (Å²) in [5.41, 5.74) is 0.623. The third kappa shape index (κ3) is 2.18. The normalized spacial score (nSPS) is 29.3. The zero-order valence-corrected chi connectivity index (χ0v) is 11.6. The molecule has 0 bridgehead atoms. The van der Waals surface area contributed by atoms with Crippen LogP contribution in [0.4, 0.5) is 0 Å². The lowest BCUT2D eigenvalue weighted by Gasteiger charge is -2.42. The number of piperidine rings is 1. The van der Waals surface area contributed by atoms with Crippen LogP contribution in [-0.2, 0) is 4.79 Å². The number of hydrogen-bond donors (Lipinski definition) is 1. The zero-order chi connectivity index (χ0) is 12.6. The van der Waals surface area contributed by atoms with Crippen LogP contribution in [-0.4, -0.2) is 37.0 Å². The minimum Gasteiger partial charge on any atom is -0.342 e. The second kappa shape index (κ2) is 4.84. The molecule has 3 fully saturated rings. The van der Waals surface area contributed by atoms with Crippen molar-refractivity contribution < 1.29 is 4.79 Å². The molecule has 1 N–H and O–H groups in total. The summed E-state index contributed by atoms with van der Waals surface area (Å²) in [4.78, 5) is 14.6. The Balaban J connectivity index is 1.53. The fourth-order valence-corrected chi connectivity index (χ4v) is 3.98. The van der Waals surface area contributed by atoms with Gasteiger partial charge in [-0.1, -0.05) is 19.8 Å². The molecule has 102 valence electrons. The highest BCUT2D eigenvalue weighted by Crippen LogP contribution is 2.46. The van der Waals surface area contributed by atoms with E-state index in [2.05, 4.69) is 17.1 Å². The smallest absolute Gasteiger partial charge is 0.225 e. The van der Waals surface area contributed by atoms with Crippen molar-refractivity contribution in [2.24, 2.45) is 17.3 Å². The van der Waals surface area contributed by atoms with Crippen LogP contribution in [0.25, 0.3) is 0 Å². The SMILES string of the molecule is CC(C(=O)N1CCC2(CCCC2)CC1)C1CNC1. The van der Waals surface area contributed by atoms with E-state index in [-0.39, 0.29) is 5.92 Å². The fourth-order valence-electron chi connectivity index (χ4n) is 3.98. The lowest BCUT2D eigenvalue weighted by Crippen LogP contribution is -2.52. The summed E-state index contributed by atoms with van der Waals surface area (Å²) in [6.45, 7) is 6.22. The van der Waals surface area contributed by atoms with E-state index in [0.717, 1.165) is 26.2 Å². The number of amides is 1. The molecule has 3 rings (SSSR count). The maximum Gasteiger partial charge on any atom is 0.225 e. The van der Waals surface area contributed by atoms with E-state index >= 15 is 0 Å². The van der Waals surface area contributed by atoms with Crippen LogP contribution in [0, 0.1) is 17.3 Å². The Morgan fingerprint density at radius 3 is 2.28 bits per heavy atom. The molecule has 0 radical (unpaired) electrons. The van der Waals surface area contributed by atoms with Crippen molar-refractivity contribution in [3.05, 3.63) is 0 Å². The van der Waals surface area contributed by atoms with Crippen LogP contribution in [0.2, 0.25) is 0 Å². The summed E-state index contributed by atoms with van der Waals surface area (Å²) in [7, 11) is 0. The van der Waals surface area contributed by atoms with Crippen molar-refractivity contribution in [2.45, 2.75) is 45.4 Å². The summed E-state index contributed by atoms with van der Waals surface area (Å²) in [6, 6.07) is 0. The van der Waals surface area contributed by atoms with Gasteiger partial charge < -0.3 is 10.2 Å². The highest BCUT2D eigenvalue weighted by atomic mass is 16.2. The van der Waals surface area contributed by atoms with Crippen LogP contribution < -0.4 is 5.32 Å². The molecular weight excluding hydrogens is 224 g/mol. The molecule has 3 heteroatoms. The first-order valence-corrected chi connectivity index (χ1v) is 7.70. The molecule has 0 aromatic carbocycles. The summed E-state index contributed by atoms with van der Waals surface area (Å²) in [6.07, 6.45) is 8.17. The van der Waals surface area contributed by atoms with Crippen LogP contribution in [0.3, 0.4) is 0 Å². The van der Waals surface area contributed by atoms with E-state index in [9.17, 15) is 4.79 Å². The van der Waals surface area contributed by atoms with Gasteiger partial charge in [-0.2, -0.15) is 0 Å². The Hall–Kier alpha value is -0.570. The van der Waals surface area contributed by atoms with Crippen LogP contribution >= 0.6 is 0 Å². The van der Waals surface area contributed by atoms with Crippen molar-refractivity contribution in [2.75, 3.05) is 26.2 Å². The maximum absolute atomic E-state index is 12.4. The molecule has 1 aliphatic carbocycles. The fraction of sp³-hybridized carbons (Fsp3) is 0.933. The number of carbonyl (C=O) groups is 1. The summed E-state index contributed by atoms with van der Waals surface area (Å²) in [5.74, 6) is 1.22. The largest absolute Gasteiger partial charge is 0.342 e. The third-order valence-corrected chi connectivity index (χ3v) is 5.71. The highest BCUT2D eigenvalue weighted by Gasteiger charge is 2.39. The lowest BCUT2D eigenvalue weighted by molar-refractivity contribution is -0.139. The molecule has 1 unspecified atom stereocenters. The Kier molecular flexibility index (Phi) is 3.35. The number of nitrogens with one attached hydrogen (secondary N) is 1. The number of carbonyl (C=O) groups excluding carboxylic acids is 1. The van der Waals surface area contributed by atoms with E-state index in [4.69, 9.17) is 0 Å². The quantitative estimate of drug-likeness (QED) is 0.813.